The van der Waals surface area contributed by atoms with Crippen molar-refractivity contribution in [3.63, 3.8) is 0 Å². The molecule has 0 heterocycles. The maximum Gasteiger partial charge on any atom is 0.244 e. The summed E-state index contributed by atoms with van der Waals surface area (Å²) in [4.78, 5) is 52.7. The number of allylic oxidation sites excluding steroid dienone is 2. The van der Waals surface area contributed by atoms with E-state index in [0.29, 0.717) is 25.0 Å². The van der Waals surface area contributed by atoms with Crippen LogP contribution < -0.4 is 10.9 Å². The highest BCUT2D eigenvalue weighted by Gasteiger charge is 2.68. The lowest BCUT2D eigenvalue weighted by atomic mass is 9.35. The Morgan fingerprint density at radius 3 is 2.07 bits per heavy atom. The quantitative estimate of drug-likeness (QED) is 0.366. The molecule has 0 aliphatic heterocycles. The number of Topliss-reactive ketones (excluding diaryl/α,β-unsaturated/α-hetero) is 2. The second kappa shape index (κ2) is 10.1. The monoisotopic (exact) mass is 565 g/mol. The van der Waals surface area contributed by atoms with Gasteiger partial charge in [0.25, 0.3) is 0 Å². The third-order valence-electron chi connectivity index (χ3n) is 12.9. The molecule has 2 N–H and O–H groups in total. The highest BCUT2D eigenvalue weighted by molar-refractivity contribution is 6.04. The average molecular weight is 566 g/mol. The third-order valence-corrected chi connectivity index (χ3v) is 12.9. The number of amides is 2. The summed E-state index contributed by atoms with van der Waals surface area (Å²) in [5.74, 6) is -0.352. The van der Waals surface area contributed by atoms with Crippen LogP contribution in [-0.4, -0.2) is 23.4 Å². The maximum atomic E-state index is 14.3. The van der Waals surface area contributed by atoms with Gasteiger partial charge in [-0.1, -0.05) is 61.5 Å². The van der Waals surface area contributed by atoms with E-state index in [-0.39, 0.29) is 57.2 Å². The molecular formula is C34H51N3O4. The van der Waals surface area contributed by atoms with Gasteiger partial charge in [0.05, 0.1) is 5.57 Å². The van der Waals surface area contributed by atoms with Gasteiger partial charge in [-0.25, -0.2) is 0 Å². The molecule has 0 aromatic carbocycles. The number of hydrazine groups is 1. The minimum Gasteiger partial charge on any atom is -0.299 e. The zero-order valence-corrected chi connectivity index (χ0v) is 26.8. The maximum absolute atomic E-state index is 14.3. The Labute approximate surface area is 246 Å². The van der Waals surface area contributed by atoms with Crippen LogP contribution in [0.4, 0.5) is 0 Å². The number of nitriles is 1. The fraction of sp³-hybridized carbons (Fsp3) is 0.794. The number of fused-ring (bicyclic) bond motifs is 5. The van der Waals surface area contributed by atoms with E-state index in [1.807, 2.05) is 26.8 Å². The summed E-state index contributed by atoms with van der Waals surface area (Å²) in [7, 11) is 0. The van der Waals surface area contributed by atoms with Crippen LogP contribution in [0.25, 0.3) is 0 Å². The lowest BCUT2D eigenvalue weighted by molar-refractivity contribution is -0.192. The Hall–Kier alpha value is -2.49. The molecular weight excluding hydrogens is 514 g/mol. The number of carbonyl (C=O) groups excluding carboxylic acids is 4. The first-order valence-corrected chi connectivity index (χ1v) is 15.5. The molecule has 0 aromatic heterocycles. The van der Waals surface area contributed by atoms with Gasteiger partial charge in [0.15, 0.2) is 5.78 Å². The van der Waals surface area contributed by atoms with Gasteiger partial charge in [0.1, 0.15) is 11.9 Å². The zero-order valence-electron chi connectivity index (χ0n) is 26.8. The third kappa shape index (κ3) is 4.87. The topological polar surface area (TPSA) is 116 Å². The number of hydrogen-bond donors (Lipinski definition) is 2. The van der Waals surface area contributed by atoms with E-state index in [9.17, 15) is 24.4 Å². The van der Waals surface area contributed by atoms with Crippen LogP contribution in [0, 0.1) is 61.6 Å². The summed E-state index contributed by atoms with van der Waals surface area (Å²) in [6, 6.07) is 2.19. The molecule has 3 saturated carbocycles. The molecule has 1 unspecified atom stereocenters. The summed E-state index contributed by atoms with van der Waals surface area (Å²) in [6.45, 7) is 18.6. The van der Waals surface area contributed by atoms with E-state index in [2.05, 4.69) is 51.5 Å². The van der Waals surface area contributed by atoms with E-state index in [1.54, 1.807) is 0 Å². The summed E-state index contributed by atoms with van der Waals surface area (Å²) in [5.41, 5.74) is 2.92. The van der Waals surface area contributed by atoms with Crippen molar-refractivity contribution in [1.29, 1.82) is 5.26 Å². The SMILES string of the molecule is CC(=O)NNC(=O)[C@@]1(C)CCC(C)(C)CCC2C(=O)C[C@@H]3[C@@]4(C)C=C(C#N)C(=O)C(C)(C)[C@@H]4CC[C@@]3(C)[C@]2(C)CC1. The second-order valence-electron chi connectivity index (χ2n) is 16.2. The van der Waals surface area contributed by atoms with Crippen molar-refractivity contribution in [2.24, 2.45) is 50.2 Å². The van der Waals surface area contributed by atoms with Crippen LogP contribution in [0.2, 0.25) is 0 Å². The number of carbonyl (C=O) groups is 4. The van der Waals surface area contributed by atoms with Crippen molar-refractivity contribution >= 4 is 23.4 Å². The lowest BCUT2D eigenvalue weighted by Crippen LogP contribution is -2.65. The summed E-state index contributed by atoms with van der Waals surface area (Å²) in [6.07, 6.45) is 8.79. The second-order valence-corrected chi connectivity index (χ2v) is 16.2. The minimum atomic E-state index is -0.703. The van der Waals surface area contributed by atoms with Crippen molar-refractivity contribution in [3.8, 4) is 6.07 Å². The van der Waals surface area contributed by atoms with Gasteiger partial charge >= 0.3 is 0 Å². The van der Waals surface area contributed by atoms with E-state index >= 15 is 0 Å². The molecule has 226 valence electrons. The fourth-order valence-electron chi connectivity index (χ4n) is 9.79. The molecule has 0 bridgehead atoms. The van der Waals surface area contributed by atoms with Crippen molar-refractivity contribution in [2.45, 2.75) is 120 Å². The van der Waals surface area contributed by atoms with Crippen LogP contribution in [-0.2, 0) is 19.2 Å². The number of hydrogen-bond acceptors (Lipinski definition) is 5. The van der Waals surface area contributed by atoms with E-state index < -0.39 is 16.2 Å². The molecule has 4 rings (SSSR count). The van der Waals surface area contributed by atoms with Crippen LogP contribution in [0.3, 0.4) is 0 Å². The Kier molecular flexibility index (Phi) is 7.71. The fourth-order valence-corrected chi connectivity index (χ4v) is 9.79. The van der Waals surface area contributed by atoms with Gasteiger partial charge in [0.2, 0.25) is 11.8 Å². The summed E-state index contributed by atoms with van der Waals surface area (Å²) >= 11 is 0. The number of nitrogens with zero attached hydrogens (tertiary/aromatic N) is 1. The van der Waals surface area contributed by atoms with Crippen molar-refractivity contribution < 1.29 is 19.2 Å². The predicted molar refractivity (Wildman–Crippen MR) is 158 cm³/mol. The van der Waals surface area contributed by atoms with Crippen molar-refractivity contribution in [2.75, 3.05) is 0 Å². The molecule has 7 heteroatoms. The number of rotatable bonds is 1. The molecule has 4 aliphatic rings. The zero-order chi connectivity index (χ0) is 30.8. The van der Waals surface area contributed by atoms with Gasteiger partial charge < -0.3 is 0 Å². The first-order chi connectivity index (χ1) is 18.8. The van der Waals surface area contributed by atoms with Crippen LogP contribution >= 0.6 is 0 Å². The first kappa shape index (κ1) is 31.4. The van der Waals surface area contributed by atoms with Gasteiger partial charge in [-0.2, -0.15) is 5.26 Å². The van der Waals surface area contributed by atoms with E-state index in [1.165, 1.54) is 6.92 Å². The molecule has 0 radical (unpaired) electrons. The average Bonchev–Trinajstić information content (AvgIpc) is 2.88. The minimum absolute atomic E-state index is 0.00589. The van der Waals surface area contributed by atoms with Crippen LogP contribution in [0.5, 0.6) is 0 Å². The molecule has 7 nitrogen and oxygen atoms in total. The molecule has 3 fully saturated rings. The predicted octanol–water partition coefficient (Wildman–Crippen LogP) is 6.23. The first-order valence-electron chi connectivity index (χ1n) is 15.5. The number of ketones is 2. The standard InChI is InChI=1S/C34H51N3O4/c1-21(38)36-37-28(41)31(6)15-14-29(2,3)12-10-23-24(39)18-26-32(7)19-22(20-35)27(40)30(4,5)25(32)11-13-34(26,9)33(23,8)17-16-31/h19,23,25-26H,10-18H2,1-9H3,(H,36,38)(H,37,41)/t23?,25-,26+,31-,32-,33+,34+/m0/s1. The van der Waals surface area contributed by atoms with Crippen molar-refractivity contribution in [1.82, 2.24) is 10.9 Å². The Morgan fingerprint density at radius 2 is 1.46 bits per heavy atom. The summed E-state index contributed by atoms with van der Waals surface area (Å²) < 4.78 is 0. The molecule has 2 amide bonds. The molecule has 7 atom stereocenters. The van der Waals surface area contributed by atoms with Gasteiger partial charge in [-0.05, 0) is 84.9 Å². The highest BCUT2D eigenvalue weighted by Crippen LogP contribution is 2.72. The van der Waals surface area contributed by atoms with Gasteiger partial charge in [-0.15, -0.1) is 0 Å². The smallest absolute Gasteiger partial charge is 0.244 e. The molecule has 0 saturated heterocycles. The molecule has 4 aliphatic carbocycles. The number of nitrogens with one attached hydrogen (secondary N) is 2. The normalized spacial score (nSPS) is 41.9. The molecule has 0 aromatic rings. The lowest BCUT2D eigenvalue weighted by Gasteiger charge is -2.68. The summed E-state index contributed by atoms with van der Waals surface area (Å²) in [5, 5.41) is 9.94. The Morgan fingerprint density at radius 1 is 0.829 bits per heavy atom. The van der Waals surface area contributed by atoms with E-state index in [0.717, 1.165) is 38.5 Å². The Bertz CT molecular complexity index is 1230. The van der Waals surface area contributed by atoms with Crippen LogP contribution in [0.1, 0.15) is 120 Å². The molecule has 0 spiro atoms. The van der Waals surface area contributed by atoms with Crippen molar-refractivity contribution in [3.05, 3.63) is 11.6 Å². The van der Waals surface area contributed by atoms with Crippen LogP contribution in [0.15, 0.2) is 11.6 Å². The highest BCUT2D eigenvalue weighted by atomic mass is 16.2. The van der Waals surface area contributed by atoms with Gasteiger partial charge in [-0.3, -0.25) is 30.0 Å². The Balaban J connectivity index is 1.81. The molecule has 41 heavy (non-hydrogen) atoms. The largest absolute Gasteiger partial charge is 0.299 e. The van der Waals surface area contributed by atoms with E-state index in [4.69, 9.17) is 0 Å². The van der Waals surface area contributed by atoms with Gasteiger partial charge in [0, 0.05) is 30.1 Å².